The molecule has 0 aliphatic carbocycles. The van der Waals surface area contributed by atoms with E-state index in [0.717, 1.165) is 24.8 Å². The van der Waals surface area contributed by atoms with Gasteiger partial charge in [0.15, 0.2) is 0 Å². The second-order valence-electron chi connectivity index (χ2n) is 6.99. The maximum atomic E-state index is 12.8. The lowest BCUT2D eigenvalue weighted by molar-refractivity contribution is -0.136. The Labute approximate surface area is 173 Å². The quantitative estimate of drug-likeness (QED) is 0.742. The molecule has 5 nitrogen and oxygen atoms in total. The molecule has 1 aliphatic heterocycles. The Kier molecular flexibility index (Phi) is 6.47. The number of carboxylic acid groups (broad SMARTS) is 1. The fraction of sp³-hybridized carbons (Fsp3) is 0.333. The number of hydrogen-bond donors (Lipinski definition) is 2. The van der Waals surface area contributed by atoms with Gasteiger partial charge in [-0.15, -0.1) is 0 Å². The zero-order valence-electron chi connectivity index (χ0n) is 15.3. The highest BCUT2D eigenvalue weighted by Gasteiger charge is 2.21. The molecule has 0 unspecified atom stereocenters. The number of hydrogen-bond acceptors (Lipinski definition) is 3. The molecule has 1 heterocycles. The number of carboxylic acids is 1. The molecule has 1 aliphatic rings. The van der Waals surface area contributed by atoms with Gasteiger partial charge in [-0.2, -0.15) is 0 Å². The third-order valence-electron chi connectivity index (χ3n) is 4.87. The smallest absolute Gasteiger partial charge is 0.307 e. The molecule has 1 amide bonds. The average molecular weight is 422 g/mol. The molecule has 28 heavy (non-hydrogen) atoms. The van der Waals surface area contributed by atoms with E-state index in [1.54, 1.807) is 29.2 Å². The normalized spacial score (nSPS) is 14.1. The summed E-state index contributed by atoms with van der Waals surface area (Å²) < 4.78 is 0. The molecule has 0 radical (unpaired) electrons. The molecule has 0 bridgehead atoms. The Morgan fingerprint density at radius 1 is 0.964 bits per heavy atom. The van der Waals surface area contributed by atoms with Crippen molar-refractivity contribution in [3.63, 3.8) is 0 Å². The van der Waals surface area contributed by atoms with Crippen molar-refractivity contribution in [2.45, 2.75) is 32.1 Å². The lowest BCUT2D eigenvalue weighted by Crippen LogP contribution is -2.35. The number of carbonyl (C=O) groups excluding carboxylic acids is 1. The van der Waals surface area contributed by atoms with Gasteiger partial charge in [0.2, 0.25) is 0 Å². The van der Waals surface area contributed by atoms with Crippen molar-refractivity contribution in [2.24, 2.45) is 0 Å². The van der Waals surface area contributed by atoms with Gasteiger partial charge in [0.1, 0.15) is 5.75 Å². The number of aliphatic carboxylic acids is 1. The predicted octanol–water partition coefficient (Wildman–Crippen LogP) is 4.54. The lowest BCUT2D eigenvalue weighted by Gasteiger charge is -2.27. The van der Waals surface area contributed by atoms with E-state index in [9.17, 15) is 14.7 Å². The summed E-state index contributed by atoms with van der Waals surface area (Å²) in [6, 6.07) is 8.09. The average Bonchev–Trinajstić information content (AvgIpc) is 2.65. The van der Waals surface area contributed by atoms with Crippen LogP contribution in [0.15, 0.2) is 30.3 Å². The first-order valence-corrected chi connectivity index (χ1v) is 9.90. The van der Waals surface area contributed by atoms with Crippen molar-refractivity contribution in [1.82, 2.24) is 4.90 Å². The van der Waals surface area contributed by atoms with Gasteiger partial charge < -0.3 is 15.1 Å². The van der Waals surface area contributed by atoms with E-state index >= 15 is 0 Å². The number of carbonyl (C=O) groups is 2. The zero-order valence-corrected chi connectivity index (χ0v) is 16.8. The highest BCUT2D eigenvalue weighted by Crippen LogP contribution is 2.31. The summed E-state index contributed by atoms with van der Waals surface area (Å²) >= 11 is 12.6. The maximum Gasteiger partial charge on any atom is 0.307 e. The number of aromatic hydroxyl groups is 1. The molecule has 2 aromatic carbocycles. The Morgan fingerprint density at radius 3 is 2.21 bits per heavy atom. The third kappa shape index (κ3) is 4.78. The van der Waals surface area contributed by atoms with Crippen molar-refractivity contribution < 1.29 is 19.8 Å². The van der Waals surface area contributed by atoms with Gasteiger partial charge in [-0.05, 0) is 60.2 Å². The van der Waals surface area contributed by atoms with Crippen LogP contribution in [-0.2, 0) is 17.6 Å². The number of benzene rings is 2. The van der Waals surface area contributed by atoms with Crippen molar-refractivity contribution in [1.29, 1.82) is 0 Å². The summed E-state index contributed by atoms with van der Waals surface area (Å²) in [5, 5.41) is 19.9. The Hall–Kier alpha value is -2.24. The van der Waals surface area contributed by atoms with Crippen molar-refractivity contribution in [2.75, 3.05) is 13.1 Å². The minimum absolute atomic E-state index is 0.0478. The van der Waals surface area contributed by atoms with Crippen LogP contribution in [0.5, 0.6) is 5.75 Å². The number of amides is 1. The van der Waals surface area contributed by atoms with Crippen molar-refractivity contribution in [3.05, 3.63) is 62.6 Å². The highest BCUT2D eigenvalue weighted by atomic mass is 35.5. The van der Waals surface area contributed by atoms with Crippen LogP contribution in [0.25, 0.3) is 0 Å². The summed E-state index contributed by atoms with van der Waals surface area (Å²) in [6.45, 7) is 1.40. The van der Waals surface area contributed by atoms with Crippen LogP contribution in [0.1, 0.15) is 46.3 Å². The van der Waals surface area contributed by atoms with Crippen LogP contribution < -0.4 is 0 Å². The first kappa shape index (κ1) is 20.5. The summed E-state index contributed by atoms with van der Waals surface area (Å²) in [5.74, 6) is -1.18. The fourth-order valence-corrected chi connectivity index (χ4v) is 4.10. The van der Waals surface area contributed by atoms with E-state index in [1.807, 2.05) is 0 Å². The molecule has 2 N–H and O–H groups in total. The summed E-state index contributed by atoms with van der Waals surface area (Å²) in [4.78, 5) is 25.4. The predicted molar refractivity (Wildman–Crippen MR) is 108 cm³/mol. The second-order valence-corrected chi connectivity index (χ2v) is 7.80. The molecule has 3 rings (SSSR count). The highest BCUT2D eigenvalue weighted by molar-refractivity contribution is 6.36. The van der Waals surface area contributed by atoms with Gasteiger partial charge in [0, 0.05) is 29.6 Å². The van der Waals surface area contributed by atoms with E-state index < -0.39 is 5.97 Å². The Morgan fingerprint density at radius 2 is 1.61 bits per heavy atom. The van der Waals surface area contributed by atoms with Crippen LogP contribution in [0.2, 0.25) is 10.0 Å². The summed E-state index contributed by atoms with van der Waals surface area (Å²) in [7, 11) is 0. The van der Waals surface area contributed by atoms with Gasteiger partial charge in [0.05, 0.1) is 12.0 Å². The summed E-state index contributed by atoms with van der Waals surface area (Å²) in [6.07, 6.45) is 3.27. The molecule has 2 aromatic rings. The second kappa shape index (κ2) is 8.84. The number of likely N-dealkylation sites (tertiary alicyclic amines) is 1. The number of piperidine rings is 1. The molecule has 0 aromatic heterocycles. The van der Waals surface area contributed by atoms with Crippen molar-refractivity contribution >= 4 is 35.1 Å². The number of halogens is 2. The molecular formula is C21H21Cl2NO4. The van der Waals surface area contributed by atoms with Crippen LogP contribution in [-0.4, -0.2) is 40.1 Å². The third-order valence-corrected chi connectivity index (χ3v) is 5.55. The Bertz CT molecular complexity index is 884. The van der Waals surface area contributed by atoms with Crippen LogP contribution >= 0.6 is 23.2 Å². The minimum atomic E-state index is -0.959. The van der Waals surface area contributed by atoms with Gasteiger partial charge >= 0.3 is 5.97 Å². The number of phenolic OH excluding ortho intramolecular Hbond substituents is 1. The van der Waals surface area contributed by atoms with E-state index in [4.69, 9.17) is 28.3 Å². The van der Waals surface area contributed by atoms with E-state index in [-0.39, 0.29) is 23.6 Å². The van der Waals surface area contributed by atoms with Crippen molar-refractivity contribution in [3.8, 4) is 5.75 Å². The van der Waals surface area contributed by atoms with Crippen LogP contribution in [0.3, 0.4) is 0 Å². The molecule has 0 saturated carbocycles. The lowest BCUT2D eigenvalue weighted by atomic mass is 9.99. The first-order valence-electron chi connectivity index (χ1n) is 9.15. The number of rotatable bonds is 5. The topological polar surface area (TPSA) is 77.8 Å². The molecule has 7 heteroatoms. The number of nitrogens with zero attached hydrogens (tertiary/aromatic N) is 1. The Balaban J connectivity index is 1.85. The molecule has 0 spiro atoms. The number of phenols is 1. The molecule has 1 fully saturated rings. The van der Waals surface area contributed by atoms with Crippen LogP contribution in [0, 0.1) is 0 Å². The standard InChI is InChI=1S/C21H21Cl2NO4/c22-17-10-14(12-20(26)27)11-18(23)15(17)8-13-4-5-19(25)16(9-13)21(28)24-6-2-1-3-7-24/h4-5,9-11,25H,1-3,6-8,12H2,(H,26,27). The summed E-state index contributed by atoms with van der Waals surface area (Å²) in [5.41, 5.74) is 2.24. The van der Waals surface area contributed by atoms with Gasteiger partial charge in [-0.1, -0.05) is 29.3 Å². The van der Waals surface area contributed by atoms with E-state index in [2.05, 4.69) is 0 Å². The molecule has 148 valence electrons. The zero-order chi connectivity index (χ0) is 20.3. The van der Waals surface area contributed by atoms with E-state index in [0.29, 0.717) is 40.7 Å². The largest absolute Gasteiger partial charge is 0.507 e. The monoisotopic (exact) mass is 421 g/mol. The molecule has 0 atom stereocenters. The first-order chi connectivity index (χ1) is 13.3. The fourth-order valence-electron chi connectivity index (χ4n) is 3.44. The molecule has 1 saturated heterocycles. The van der Waals surface area contributed by atoms with Crippen LogP contribution in [0.4, 0.5) is 0 Å². The van der Waals surface area contributed by atoms with Gasteiger partial charge in [-0.3, -0.25) is 9.59 Å². The van der Waals surface area contributed by atoms with Gasteiger partial charge in [0.25, 0.3) is 5.91 Å². The molecular weight excluding hydrogens is 401 g/mol. The maximum absolute atomic E-state index is 12.8. The SMILES string of the molecule is O=C(O)Cc1cc(Cl)c(Cc2ccc(O)c(C(=O)N3CCCCC3)c2)c(Cl)c1. The van der Waals surface area contributed by atoms with E-state index in [1.165, 1.54) is 6.07 Å². The minimum Gasteiger partial charge on any atom is -0.507 e. The van der Waals surface area contributed by atoms with Gasteiger partial charge in [-0.25, -0.2) is 0 Å².